The third-order valence-electron chi connectivity index (χ3n) is 4.27. The van der Waals surface area contributed by atoms with Crippen molar-refractivity contribution in [3.63, 3.8) is 0 Å². The Morgan fingerprint density at radius 3 is 2.13 bits per heavy atom. The Bertz CT molecular complexity index is 433. The summed E-state index contributed by atoms with van der Waals surface area (Å²) in [5.41, 5.74) is 1.27. The lowest BCUT2D eigenvalue weighted by Gasteiger charge is -2.36. The molecule has 1 aliphatic heterocycles. The number of aliphatic hydroxyl groups is 2. The second-order valence-corrected chi connectivity index (χ2v) is 6.79. The Hall–Kier alpha value is -0.980. The minimum atomic E-state index is -0.327. The zero-order valence-electron chi connectivity index (χ0n) is 14.4. The van der Waals surface area contributed by atoms with Crippen molar-refractivity contribution in [1.29, 1.82) is 0 Å². The second-order valence-electron chi connectivity index (χ2n) is 6.79. The number of likely N-dealkylation sites (N-methyl/N-ethyl adjacent to an activating group) is 1. The molecule has 1 aliphatic rings. The number of nitrogens with zero attached hydrogens (tertiary/aromatic N) is 3. The number of β-amino-alcohol motifs (C(OH)–C–C–N with tert-alkyl or cyclic N) is 2. The molecule has 0 aliphatic carbocycles. The Morgan fingerprint density at radius 2 is 1.57 bits per heavy atom. The van der Waals surface area contributed by atoms with E-state index in [0.717, 1.165) is 45.8 Å². The van der Waals surface area contributed by atoms with Crippen LogP contribution >= 0.6 is 0 Å². The predicted molar refractivity (Wildman–Crippen MR) is 93.3 cm³/mol. The van der Waals surface area contributed by atoms with Crippen molar-refractivity contribution in [2.45, 2.75) is 25.7 Å². The molecule has 0 saturated carbocycles. The molecule has 2 N–H and O–H groups in total. The van der Waals surface area contributed by atoms with Crippen LogP contribution < -0.4 is 0 Å². The largest absolute Gasteiger partial charge is 0.392 e. The highest BCUT2D eigenvalue weighted by atomic mass is 16.3. The van der Waals surface area contributed by atoms with Crippen molar-refractivity contribution in [1.82, 2.24) is 14.7 Å². The molecule has 1 heterocycles. The maximum Gasteiger partial charge on any atom is 0.0793 e. The Kier molecular flexibility index (Phi) is 7.46. The summed E-state index contributed by atoms with van der Waals surface area (Å²) < 4.78 is 0. The molecule has 1 aromatic carbocycles. The molecule has 0 unspecified atom stereocenters. The van der Waals surface area contributed by atoms with E-state index in [1.165, 1.54) is 5.56 Å². The van der Waals surface area contributed by atoms with Crippen LogP contribution in [0.2, 0.25) is 0 Å². The summed E-state index contributed by atoms with van der Waals surface area (Å²) in [6, 6.07) is 10.3. The van der Waals surface area contributed by atoms with Gasteiger partial charge in [-0.1, -0.05) is 30.3 Å². The lowest BCUT2D eigenvalue weighted by molar-refractivity contribution is 0.0415. The summed E-state index contributed by atoms with van der Waals surface area (Å²) in [5, 5.41) is 19.8. The van der Waals surface area contributed by atoms with Crippen molar-refractivity contribution in [3.8, 4) is 0 Å². The first-order chi connectivity index (χ1) is 11.0. The van der Waals surface area contributed by atoms with Gasteiger partial charge in [0, 0.05) is 52.4 Å². The van der Waals surface area contributed by atoms with Crippen LogP contribution in [0, 0.1) is 0 Å². The molecular formula is C18H31N3O2. The van der Waals surface area contributed by atoms with E-state index >= 15 is 0 Å². The number of hydrogen-bond donors (Lipinski definition) is 2. The monoisotopic (exact) mass is 321 g/mol. The first kappa shape index (κ1) is 18.4. The lowest BCUT2D eigenvalue weighted by atomic mass is 10.2. The molecule has 130 valence electrons. The van der Waals surface area contributed by atoms with E-state index in [1.807, 2.05) is 25.1 Å². The van der Waals surface area contributed by atoms with Gasteiger partial charge in [0.05, 0.1) is 12.2 Å². The van der Waals surface area contributed by atoms with Gasteiger partial charge in [0.2, 0.25) is 0 Å². The van der Waals surface area contributed by atoms with Gasteiger partial charge >= 0.3 is 0 Å². The predicted octanol–water partition coefficient (Wildman–Crippen LogP) is 0.478. The highest BCUT2D eigenvalue weighted by Gasteiger charge is 2.20. The van der Waals surface area contributed by atoms with E-state index in [4.69, 9.17) is 0 Å². The molecule has 23 heavy (non-hydrogen) atoms. The minimum Gasteiger partial charge on any atom is -0.392 e. The van der Waals surface area contributed by atoms with E-state index in [9.17, 15) is 10.2 Å². The number of piperazine rings is 1. The Labute approximate surface area is 140 Å². The fraction of sp³-hybridized carbons (Fsp3) is 0.667. The molecule has 0 radical (unpaired) electrons. The second kappa shape index (κ2) is 9.35. The van der Waals surface area contributed by atoms with Gasteiger partial charge in [0.1, 0.15) is 0 Å². The van der Waals surface area contributed by atoms with Gasteiger partial charge in [-0.15, -0.1) is 0 Å². The molecule has 1 saturated heterocycles. The number of hydrogen-bond acceptors (Lipinski definition) is 5. The van der Waals surface area contributed by atoms with E-state index in [2.05, 4.69) is 33.9 Å². The van der Waals surface area contributed by atoms with Gasteiger partial charge < -0.3 is 10.2 Å². The van der Waals surface area contributed by atoms with Crippen LogP contribution in [0.25, 0.3) is 0 Å². The first-order valence-electron chi connectivity index (χ1n) is 8.56. The smallest absolute Gasteiger partial charge is 0.0793 e. The number of aliphatic hydroxyl groups excluding tert-OH is 2. The molecule has 5 nitrogen and oxygen atoms in total. The molecule has 0 spiro atoms. The van der Waals surface area contributed by atoms with Gasteiger partial charge in [0.15, 0.2) is 0 Å². The molecule has 5 heteroatoms. The average molecular weight is 321 g/mol. The third kappa shape index (κ3) is 6.97. The van der Waals surface area contributed by atoms with E-state index in [1.54, 1.807) is 0 Å². The SMILES string of the molecule is C[C@H](O)CN1CCN(C[C@H](O)CN(C)Cc2ccccc2)CC1. The van der Waals surface area contributed by atoms with Crippen LogP contribution in [0.4, 0.5) is 0 Å². The third-order valence-corrected chi connectivity index (χ3v) is 4.27. The van der Waals surface area contributed by atoms with E-state index in [0.29, 0.717) is 6.54 Å². The van der Waals surface area contributed by atoms with Crippen molar-refractivity contribution in [3.05, 3.63) is 35.9 Å². The zero-order valence-corrected chi connectivity index (χ0v) is 14.4. The fourth-order valence-corrected chi connectivity index (χ4v) is 3.20. The molecule has 2 atom stereocenters. The molecule has 1 aromatic rings. The number of rotatable bonds is 8. The van der Waals surface area contributed by atoms with Crippen molar-refractivity contribution < 1.29 is 10.2 Å². The van der Waals surface area contributed by atoms with Crippen LogP contribution in [-0.2, 0) is 6.54 Å². The molecular weight excluding hydrogens is 290 g/mol. The summed E-state index contributed by atoms with van der Waals surface area (Å²) >= 11 is 0. The van der Waals surface area contributed by atoms with Crippen molar-refractivity contribution in [2.24, 2.45) is 0 Å². The van der Waals surface area contributed by atoms with Gasteiger partial charge in [0.25, 0.3) is 0 Å². The standard InChI is InChI=1S/C18H31N3O2/c1-16(22)12-20-8-10-21(11-9-20)15-18(23)14-19(2)13-17-6-4-3-5-7-17/h3-7,16,18,22-23H,8-15H2,1-2H3/t16-,18+/m0/s1. The topological polar surface area (TPSA) is 50.2 Å². The maximum absolute atomic E-state index is 10.3. The molecule has 0 aromatic heterocycles. The minimum absolute atomic E-state index is 0.265. The average Bonchev–Trinajstić information content (AvgIpc) is 2.49. The van der Waals surface area contributed by atoms with Crippen LogP contribution in [0.15, 0.2) is 30.3 Å². The highest BCUT2D eigenvalue weighted by molar-refractivity contribution is 5.14. The van der Waals surface area contributed by atoms with Gasteiger partial charge in [-0.3, -0.25) is 14.7 Å². The summed E-state index contributed by atoms with van der Waals surface area (Å²) in [7, 11) is 2.05. The Balaban J connectivity index is 1.66. The molecule has 1 fully saturated rings. The quantitative estimate of drug-likeness (QED) is 0.729. The van der Waals surface area contributed by atoms with Gasteiger partial charge in [-0.2, -0.15) is 0 Å². The van der Waals surface area contributed by atoms with E-state index in [-0.39, 0.29) is 12.2 Å². The number of benzene rings is 1. The normalized spacial score (nSPS) is 19.9. The molecule has 2 rings (SSSR count). The van der Waals surface area contributed by atoms with E-state index < -0.39 is 0 Å². The van der Waals surface area contributed by atoms with Crippen LogP contribution in [0.1, 0.15) is 12.5 Å². The summed E-state index contributed by atoms with van der Waals surface area (Å²) in [4.78, 5) is 6.78. The Morgan fingerprint density at radius 1 is 1.00 bits per heavy atom. The van der Waals surface area contributed by atoms with Crippen LogP contribution in [0.5, 0.6) is 0 Å². The van der Waals surface area contributed by atoms with Gasteiger partial charge in [-0.25, -0.2) is 0 Å². The molecule has 0 bridgehead atoms. The van der Waals surface area contributed by atoms with Gasteiger partial charge in [-0.05, 0) is 19.5 Å². The highest BCUT2D eigenvalue weighted by Crippen LogP contribution is 2.06. The summed E-state index contributed by atoms with van der Waals surface area (Å²) in [5.74, 6) is 0. The summed E-state index contributed by atoms with van der Waals surface area (Å²) in [6.07, 6.45) is -0.592. The zero-order chi connectivity index (χ0) is 16.7. The molecule has 0 amide bonds. The van der Waals surface area contributed by atoms with Crippen molar-refractivity contribution in [2.75, 3.05) is 52.9 Å². The maximum atomic E-state index is 10.3. The summed E-state index contributed by atoms with van der Waals surface area (Å²) in [6.45, 7) is 8.71. The lowest BCUT2D eigenvalue weighted by Crippen LogP contribution is -2.50. The van der Waals surface area contributed by atoms with Crippen molar-refractivity contribution >= 4 is 0 Å². The van der Waals surface area contributed by atoms with Crippen LogP contribution in [-0.4, -0.2) is 90.0 Å². The fourth-order valence-electron chi connectivity index (χ4n) is 3.20. The van der Waals surface area contributed by atoms with Crippen LogP contribution in [0.3, 0.4) is 0 Å². The first-order valence-corrected chi connectivity index (χ1v) is 8.56.